The number of carbonyl (C=O) groups excluding carboxylic acids is 2. The Hall–Kier alpha value is -4.35. The van der Waals surface area contributed by atoms with Crippen LogP contribution in [-0.4, -0.2) is 44.3 Å². The fourth-order valence-corrected chi connectivity index (χ4v) is 6.82. The van der Waals surface area contributed by atoms with Crippen LogP contribution in [-0.2, 0) is 38.8 Å². The van der Waals surface area contributed by atoms with Crippen LogP contribution in [0.4, 0.5) is 18.9 Å². The van der Waals surface area contributed by atoms with Gasteiger partial charge in [-0.25, -0.2) is 8.42 Å². The lowest BCUT2D eigenvalue weighted by atomic mass is 10.0. The van der Waals surface area contributed by atoms with Crippen LogP contribution >= 0.6 is 11.6 Å². The monoisotopic (exact) mass is 699 g/mol. The minimum atomic E-state index is -4.90. The Morgan fingerprint density at radius 2 is 1.52 bits per heavy atom. The number of halogens is 4. The molecule has 0 aliphatic heterocycles. The van der Waals surface area contributed by atoms with Crippen molar-refractivity contribution in [2.45, 2.75) is 56.8 Å². The lowest BCUT2D eigenvalue weighted by Gasteiger charge is -2.34. The normalized spacial score (nSPS) is 12.3. The first-order valence-corrected chi connectivity index (χ1v) is 17.2. The average molecular weight is 700 g/mol. The Morgan fingerprint density at radius 3 is 2.15 bits per heavy atom. The van der Waals surface area contributed by atoms with E-state index in [0.717, 1.165) is 29.7 Å². The van der Waals surface area contributed by atoms with Crippen molar-refractivity contribution in [3.8, 4) is 0 Å². The van der Waals surface area contributed by atoms with E-state index in [1.54, 1.807) is 18.2 Å². The summed E-state index contributed by atoms with van der Waals surface area (Å²) in [4.78, 5) is 29.4. The second-order valence-electron chi connectivity index (χ2n) is 11.3. The second kappa shape index (κ2) is 16.2. The zero-order valence-corrected chi connectivity index (χ0v) is 28.2. The summed E-state index contributed by atoms with van der Waals surface area (Å²) in [6.07, 6.45) is -3.26. The summed E-state index contributed by atoms with van der Waals surface area (Å²) in [6, 6.07) is 25.1. The largest absolute Gasteiger partial charge is 0.417 e. The fourth-order valence-electron chi connectivity index (χ4n) is 5.17. The van der Waals surface area contributed by atoms with E-state index in [2.05, 4.69) is 5.32 Å². The molecule has 0 saturated carbocycles. The summed E-state index contributed by atoms with van der Waals surface area (Å²) in [6.45, 7) is 3.24. The molecule has 0 bridgehead atoms. The van der Waals surface area contributed by atoms with E-state index < -0.39 is 56.9 Å². The summed E-state index contributed by atoms with van der Waals surface area (Å²) in [5.74, 6) is -1.22. The fraction of sp³-hybridized carbons (Fsp3) is 0.278. The number of nitrogens with one attached hydrogen (secondary N) is 1. The van der Waals surface area contributed by atoms with E-state index in [1.807, 2.05) is 56.3 Å². The molecule has 4 rings (SSSR count). The van der Waals surface area contributed by atoms with Gasteiger partial charge in [-0.3, -0.25) is 13.9 Å². The van der Waals surface area contributed by atoms with Crippen molar-refractivity contribution in [2.24, 2.45) is 0 Å². The first-order valence-electron chi connectivity index (χ1n) is 15.4. The number of amides is 2. The number of benzene rings is 4. The van der Waals surface area contributed by atoms with Gasteiger partial charge in [0.2, 0.25) is 11.8 Å². The molecule has 48 heavy (non-hydrogen) atoms. The molecule has 0 heterocycles. The van der Waals surface area contributed by atoms with Crippen LogP contribution in [0.1, 0.15) is 42.0 Å². The zero-order valence-electron chi connectivity index (χ0n) is 26.6. The zero-order chi connectivity index (χ0) is 34.9. The Morgan fingerprint density at radius 1 is 0.896 bits per heavy atom. The van der Waals surface area contributed by atoms with E-state index in [9.17, 15) is 31.2 Å². The number of alkyl halides is 3. The first-order chi connectivity index (χ1) is 22.8. The third-order valence-corrected chi connectivity index (χ3v) is 9.97. The van der Waals surface area contributed by atoms with Gasteiger partial charge < -0.3 is 10.2 Å². The number of hydrogen-bond acceptors (Lipinski definition) is 4. The van der Waals surface area contributed by atoms with Crippen molar-refractivity contribution in [3.05, 3.63) is 130 Å². The molecule has 0 saturated heterocycles. The molecule has 2 amide bonds. The molecular formula is C36H37ClF3N3O4S. The molecule has 0 aliphatic rings. The van der Waals surface area contributed by atoms with E-state index in [1.165, 1.54) is 29.2 Å². The summed E-state index contributed by atoms with van der Waals surface area (Å²) >= 11 is 5.88. The van der Waals surface area contributed by atoms with Gasteiger partial charge in [-0.05, 0) is 60.4 Å². The molecule has 4 aromatic rings. The average Bonchev–Trinajstić information content (AvgIpc) is 3.06. The molecule has 4 aromatic carbocycles. The lowest BCUT2D eigenvalue weighted by Crippen LogP contribution is -2.53. The summed E-state index contributed by atoms with van der Waals surface area (Å²) in [5.41, 5.74) is 0.648. The molecule has 0 spiro atoms. The standard InChI is InChI=1S/C36H37ClF3N3O4S/c1-3-4-21-41-35(45)33(22-27-14-7-5-8-15-27)42(24-28-16-12-11-13-26(28)2)34(44)25-43(48(46,47)30-17-9-6-10-18-30)29-19-20-32(37)31(23-29)36(38,39)40/h5-20,23,33H,3-4,21-22,24-25H2,1-2H3,(H,41,45). The van der Waals surface area contributed by atoms with Gasteiger partial charge in [-0.2, -0.15) is 13.2 Å². The number of sulfonamides is 1. The number of unbranched alkanes of at least 4 members (excludes halogenated alkanes) is 1. The number of anilines is 1. The van der Waals surface area contributed by atoms with Gasteiger partial charge in [0.05, 0.1) is 21.2 Å². The van der Waals surface area contributed by atoms with Crippen molar-refractivity contribution >= 4 is 39.1 Å². The third-order valence-electron chi connectivity index (χ3n) is 7.86. The number of aryl methyl sites for hydroxylation is 1. The first kappa shape index (κ1) is 36.5. The molecule has 1 N–H and O–H groups in total. The maximum Gasteiger partial charge on any atom is 0.417 e. The van der Waals surface area contributed by atoms with E-state index in [4.69, 9.17) is 11.6 Å². The van der Waals surface area contributed by atoms with Crippen molar-refractivity contribution in [3.63, 3.8) is 0 Å². The molecule has 1 unspecified atom stereocenters. The van der Waals surface area contributed by atoms with Crippen molar-refractivity contribution in [1.29, 1.82) is 0 Å². The molecule has 0 fully saturated rings. The Kier molecular flexibility index (Phi) is 12.3. The van der Waals surface area contributed by atoms with Gasteiger partial charge >= 0.3 is 6.18 Å². The van der Waals surface area contributed by atoms with Crippen LogP contribution in [0.25, 0.3) is 0 Å². The van der Waals surface area contributed by atoms with Gasteiger partial charge in [0, 0.05) is 19.5 Å². The number of rotatable bonds is 14. The molecule has 12 heteroatoms. The van der Waals surface area contributed by atoms with Crippen molar-refractivity contribution in [2.75, 3.05) is 17.4 Å². The Labute approximate surface area is 284 Å². The van der Waals surface area contributed by atoms with Gasteiger partial charge in [-0.15, -0.1) is 0 Å². The smallest absolute Gasteiger partial charge is 0.354 e. The predicted octanol–water partition coefficient (Wildman–Crippen LogP) is 7.42. The number of nitrogens with zero attached hydrogens (tertiary/aromatic N) is 2. The topological polar surface area (TPSA) is 86.8 Å². The van der Waals surface area contributed by atoms with E-state index >= 15 is 0 Å². The van der Waals surface area contributed by atoms with Crippen LogP contribution in [0.3, 0.4) is 0 Å². The van der Waals surface area contributed by atoms with Crippen molar-refractivity contribution in [1.82, 2.24) is 10.2 Å². The minimum absolute atomic E-state index is 0.0577. The number of carbonyl (C=O) groups is 2. The molecule has 0 aromatic heterocycles. The predicted molar refractivity (Wildman–Crippen MR) is 181 cm³/mol. The molecule has 1 atom stereocenters. The summed E-state index contributed by atoms with van der Waals surface area (Å²) in [5, 5.41) is 2.28. The maximum absolute atomic E-state index is 14.5. The van der Waals surface area contributed by atoms with Crippen LogP contribution < -0.4 is 9.62 Å². The highest BCUT2D eigenvalue weighted by atomic mass is 35.5. The van der Waals surface area contributed by atoms with Gasteiger partial charge in [0.25, 0.3) is 10.0 Å². The second-order valence-corrected chi connectivity index (χ2v) is 13.6. The van der Waals surface area contributed by atoms with Crippen molar-refractivity contribution < 1.29 is 31.2 Å². The maximum atomic E-state index is 14.5. The van der Waals surface area contributed by atoms with E-state index in [0.29, 0.717) is 28.9 Å². The molecule has 0 radical (unpaired) electrons. The summed E-state index contributed by atoms with van der Waals surface area (Å²) in [7, 11) is -4.59. The number of hydrogen-bond donors (Lipinski definition) is 1. The molecule has 7 nitrogen and oxygen atoms in total. The quantitative estimate of drug-likeness (QED) is 0.139. The highest BCUT2D eigenvalue weighted by Gasteiger charge is 2.37. The van der Waals surface area contributed by atoms with Crippen LogP contribution in [0.15, 0.2) is 108 Å². The molecule has 0 aliphatic carbocycles. The van der Waals surface area contributed by atoms with Gasteiger partial charge in [0.15, 0.2) is 0 Å². The molecule has 254 valence electrons. The third kappa shape index (κ3) is 9.17. The van der Waals surface area contributed by atoms with Crippen LogP contribution in [0, 0.1) is 6.92 Å². The minimum Gasteiger partial charge on any atom is -0.354 e. The van der Waals surface area contributed by atoms with Gasteiger partial charge in [0.1, 0.15) is 12.6 Å². The SMILES string of the molecule is CCCCNC(=O)C(Cc1ccccc1)N(Cc1ccccc1C)C(=O)CN(c1ccc(Cl)c(C(F)(F)F)c1)S(=O)(=O)c1ccccc1. The Balaban J connectivity index is 1.85. The highest BCUT2D eigenvalue weighted by molar-refractivity contribution is 7.92. The molecular weight excluding hydrogens is 663 g/mol. The van der Waals surface area contributed by atoms with Crippen LogP contribution in [0.5, 0.6) is 0 Å². The highest BCUT2D eigenvalue weighted by Crippen LogP contribution is 2.38. The van der Waals surface area contributed by atoms with Crippen LogP contribution in [0.2, 0.25) is 5.02 Å². The van der Waals surface area contributed by atoms with Gasteiger partial charge in [-0.1, -0.05) is 97.7 Å². The van der Waals surface area contributed by atoms with E-state index in [-0.39, 0.29) is 17.9 Å². The lowest BCUT2D eigenvalue weighted by molar-refractivity contribution is -0.140. The summed E-state index contributed by atoms with van der Waals surface area (Å²) < 4.78 is 70.6. The Bertz CT molecular complexity index is 1810.